The second kappa shape index (κ2) is 11.5. The third kappa shape index (κ3) is 4.62. The Morgan fingerprint density at radius 1 is 0.972 bits per heavy atom. The van der Waals surface area contributed by atoms with E-state index >= 15 is 0 Å². The van der Waals surface area contributed by atoms with Crippen molar-refractivity contribution in [3.63, 3.8) is 0 Å². The number of rotatable bonds is 9. The summed E-state index contributed by atoms with van der Waals surface area (Å²) in [5.41, 5.74) is -2.22. The van der Waals surface area contributed by atoms with E-state index in [4.69, 9.17) is 9.47 Å². The van der Waals surface area contributed by atoms with Gasteiger partial charge in [0.05, 0.1) is 12.5 Å². The van der Waals surface area contributed by atoms with Crippen LogP contribution in [-0.2, 0) is 23.9 Å². The van der Waals surface area contributed by atoms with Gasteiger partial charge in [-0.15, -0.1) is 0 Å². The Hall–Kier alpha value is -2.19. The quantitative estimate of drug-likeness (QED) is 0.296. The van der Waals surface area contributed by atoms with Gasteiger partial charge < -0.3 is 24.4 Å². The fraction of sp³-hybridized carbons (Fsp3) is 0.750. The van der Waals surface area contributed by atoms with Crippen LogP contribution >= 0.6 is 0 Å². The van der Waals surface area contributed by atoms with Gasteiger partial charge in [-0.3, -0.25) is 14.4 Å². The van der Waals surface area contributed by atoms with Crippen molar-refractivity contribution in [3.05, 3.63) is 24.3 Å². The predicted octanol–water partition coefficient (Wildman–Crippen LogP) is 2.99. The van der Waals surface area contributed by atoms with Crippen molar-refractivity contribution >= 4 is 17.8 Å². The summed E-state index contributed by atoms with van der Waals surface area (Å²) in [6.45, 7) is 5.95. The molecule has 4 aliphatic rings. The molecule has 0 aromatic heterocycles. The number of amides is 2. The Morgan fingerprint density at radius 3 is 2.56 bits per heavy atom. The standard InChI is InChI=1S/C28H42N2O6/c1-3-5-16-29-17-13-15-28-21(24(32)30(23(28)25(29)33)18-10-8-11-19-31)22-26(34)35-20-12-7-6-9-14-27(22,4-2)36-28/h9,13-15,21-23,31H,3-8,10-12,16-20H2,1-2H3/b14-9-/t21-,22-,23?,27+,28-/m0/s1. The minimum Gasteiger partial charge on any atom is -0.465 e. The second-order valence-corrected chi connectivity index (χ2v) is 10.5. The summed E-state index contributed by atoms with van der Waals surface area (Å²) in [6, 6.07) is -0.818. The van der Waals surface area contributed by atoms with Crippen LogP contribution < -0.4 is 0 Å². The molecule has 2 fully saturated rings. The number of ether oxygens (including phenoxy) is 2. The fourth-order valence-electron chi connectivity index (χ4n) is 6.45. The molecule has 1 spiro atoms. The van der Waals surface area contributed by atoms with Crippen molar-refractivity contribution in [2.24, 2.45) is 11.8 Å². The number of nitrogens with zero attached hydrogens (tertiary/aromatic N) is 2. The Bertz CT molecular complexity index is 887. The van der Waals surface area contributed by atoms with Crippen molar-refractivity contribution < 1.29 is 29.0 Å². The SMILES string of the molecule is CCCCN1CC=C[C@]23O[C@]4(CC)/C=C\CCCCOC(=O)[C@@H]4[C@H]2C(=O)N(CCCCCO)C3C1=O. The minimum atomic E-state index is -1.22. The Morgan fingerprint density at radius 2 is 1.81 bits per heavy atom. The number of cyclic esters (lactones) is 1. The average Bonchev–Trinajstić information content (AvgIpc) is 3.23. The molecule has 4 aliphatic heterocycles. The number of aliphatic hydroxyl groups excluding tert-OH is 1. The maximum absolute atomic E-state index is 14.2. The van der Waals surface area contributed by atoms with E-state index in [2.05, 4.69) is 13.0 Å². The van der Waals surface area contributed by atoms with E-state index in [1.807, 2.05) is 30.1 Å². The van der Waals surface area contributed by atoms with Crippen molar-refractivity contribution in [2.75, 3.05) is 32.8 Å². The highest BCUT2D eigenvalue weighted by Gasteiger charge is 2.75. The zero-order valence-electron chi connectivity index (χ0n) is 21.8. The zero-order valence-corrected chi connectivity index (χ0v) is 21.8. The number of carbonyl (C=O) groups is 3. The zero-order chi connectivity index (χ0) is 25.8. The van der Waals surface area contributed by atoms with E-state index in [1.54, 1.807) is 4.90 Å². The highest BCUT2D eigenvalue weighted by atomic mass is 16.6. The van der Waals surface area contributed by atoms with E-state index in [-0.39, 0.29) is 18.4 Å². The first-order valence-corrected chi connectivity index (χ1v) is 13.9. The molecule has 0 aromatic carbocycles. The number of esters is 1. The predicted molar refractivity (Wildman–Crippen MR) is 135 cm³/mol. The summed E-state index contributed by atoms with van der Waals surface area (Å²) in [5.74, 6) is -2.36. The van der Waals surface area contributed by atoms with Gasteiger partial charge in [0, 0.05) is 26.2 Å². The van der Waals surface area contributed by atoms with Crippen molar-refractivity contribution in [1.82, 2.24) is 9.80 Å². The molecule has 5 atom stereocenters. The molecule has 1 unspecified atom stereocenters. The average molecular weight is 503 g/mol. The summed E-state index contributed by atoms with van der Waals surface area (Å²) in [6.07, 6.45) is 14.8. The normalized spacial score (nSPS) is 35.2. The second-order valence-electron chi connectivity index (χ2n) is 10.5. The highest BCUT2D eigenvalue weighted by Crippen LogP contribution is 2.58. The van der Waals surface area contributed by atoms with Crippen LogP contribution in [0.2, 0.25) is 0 Å². The molecule has 0 bridgehead atoms. The molecule has 2 saturated heterocycles. The molecule has 4 heterocycles. The van der Waals surface area contributed by atoms with Gasteiger partial charge in [0.25, 0.3) is 0 Å². The first-order valence-electron chi connectivity index (χ1n) is 13.9. The number of unbranched alkanes of at least 4 members (excludes halogenated alkanes) is 3. The van der Waals surface area contributed by atoms with Crippen molar-refractivity contribution in [1.29, 1.82) is 0 Å². The van der Waals surface area contributed by atoms with Crippen LogP contribution in [0, 0.1) is 11.8 Å². The highest BCUT2D eigenvalue weighted by molar-refractivity contribution is 5.99. The van der Waals surface area contributed by atoms with Gasteiger partial charge >= 0.3 is 5.97 Å². The molecule has 8 heteroatoms. The summed E-state index contributed by atoms with van der Waals surface area (Å²) >= 11 is 0. The lowest BCUT2D eigenvalue weighted by molar-refractivity contribution is -0.161. The van der Waals surface area contributed by atoms with Gasteiger partial charge in [0.2, 0.25) is 11.8 Å². The van der Waals surface area contributed by atoms with Crippen molar-refractivity contribution in [3.8, 4) is 0 Å². The topological polar surface area (TPSA) is 96.4 Å². The van der Waals surface area contributed by atoms with Crippen LogP contribution in [-0.4, -0.2) is 82.8 Å². The van der Waals surface area contributed by atoms with Crippen LogP contribution in [0.4, 0.5) is 0 Å². The lowest BCUT2D eigenvalue weighted by Crippen LogP contribution is -2.56. The summed E-state index contributed by atoms with van der Waals surface area (Å²) in [7, 11) is 0. The van der Waals surface area contributed by atoms with Gasteiger partial charge in [-0.1, -0.05) is 44.6 Å². The maximum atomic E-state index is 14.2. The molecule has 1 N–H and O–H groups in total. The van der Waals surface area contributed by atoms with E-state index in [9.17, 15) is 19.5 Å². The third-order valence-electron chi connectivity index (χ3n) is 8.31. The van der Waals surface area contributed by atoms with Crippen LogP contribution in [0.1, 0.15) is 71.6 Å². The molecular weight excluding hydrogens is 460 g/mol. The van der Waals surface area contributed by atoms with Crippen molar-refractivity contribution in [2.45, 2.75) is 88.9 Å². The monoisotopic (exact) mass is 502 g/mol. The van der Waals surface area contributed by atoms with E-state index < -0.39 is 35.0 Å². The Kier molecular flexibility index (Phi) is 8.56. The number of aliphatic hydroxyl groups is 1. The molecule has 8 nitrogen and oxygen atoms in total. The molecule has 200 valence electrons. The molecule has 4 rings (SSSR count). The first kappa shape index (κ1) is 26.9. The fourth-order valence-corrected chi connectivity index (χ4v) is 6.45. The van der Waals surface area contributed by atoms with E-state index in [1.165, 1.54) is 0 Å². The van der Waals surface area contributed by atoms with Crippen LogP contribution in [0.25, 0.3) is 0 Å². The summed E-state index contributed by atoms with van der Waals surface area (Å²) in [4.78, 5) is 45.3. The lowest BCUT2D eigenvalue weighted by Gasteiger charge is -2.38. The van der Waals surface area contributed by atoms with E-state index in [0.717, 1.165) is 38.5 Å². The number of allylic oxidation sites excluding steroid dienone is 1. The summed E-state index contributed by atoms with van der Waals surface area (Å²) < 4.78 is 12.6. The number of hydrogen-bond acceptors (Lipinski definition) is 6. The van der Waals surface area contributed by atoms with Gasteiger partial charge in [-0.25, -0.2) is 0 Å². The van der Waals surface area contributed by atoms with Crippen LogP contribution in [0.5, 0.6) is 0 Å². The summed E-state index contributed by atoms with van der Waals surface area (Å²) in [5, 5.41) is 9.20. The maximum Gasteiger partial charge on any atom is 0.313 e. The lowest BCUT2D eigenvalue weighted by atomic mass is 9.73. The first-order chi connectivity index (χ1) is 17.5. The molecule has 0 radical (unpaired) electrons. The van der Waals surface area contributed by atoms with Gasteiger partial charge in [0.1, 0.15) is 23.2 Å². The number of hydrogen-bond donors (Lipinski definition) is 1. The molecule has 0 aromatic rings. The number of fused-ring (bicyclic) bond motifs is 2. The Labute approximate surface area is 214 Å². The van der Waals surface area contributed by atoms with Crippen LogP contribution in [0.15, 0.2) is 24.3 Å². The third-order valence-corrected chi connectivity index (χ3v) is 8.31. The molecule has 36 heavy (non-hydrogen) atoms. The largest absolute Gasteiger partial charge is 0.465 e. The van der Waals surface area contributed by atoms with Gasteiger partial charge in [-0.2, -0.15) is 0 Å². The van der Waals surface area contributed by atoms with Gasteiger partial charge in [0.15, 0.2) is 0 Å². The Balaban J connectivity index is 1.79. The number of carbonyl (C=O) groups excluding carboxylic acids is 3. The molecular formula is C28H42N2O6. The van der Waals surface area contributed by atoms with Crippen LogP contribution in [0.3, 0.4) is 0 Å². The minimum absolute atomic E-state index is 0.0960. The van der Waals surface area contributed by atoms with Gasteiger partial charge in [-0.05, 0) is 51.4 Å². The molecule has 0 saturated carbocycles. The molecule has 2 amide bonds. The van der Waals surface area contributed by atoms with E-state index in [0.29, 0.717) is 45.5 Å². The molecule has 0 aliphatic carbocycles. The number of likely N-dealkylation sites (tertiary alicyclic amines) is 1. The smallest absolute Gasteiger partial charge is 0.313 e.